The molecule has 0 aliphatic heterocycles. The molecule has 1 rings (SSSR count). The zero-order valence-corrected chi connectivity index (χ0v) is 13.9. The fraction of sp³-hybridized carbons (Fsp3) is 0.611. The fourth-order valence-electron chi connectivity index (χ4n) is 2.42. The number of rotatable bonds is 10. The van der Waals surface area contributed by atoms with Crippen LogP contribution in [0.3, 0.4) is 0 Å². The molecule has 0 radical (unpaired) electrons. The normalized spacial score (nSPS) is 11.1. The monoisotopic (exact) mass is 291 g/mol. The van der Waals surface area contributed by atoms with Gasteiger partial charge in [0.15, 0.2) is 5.78 Å². The lowest BCUT2D eigenvalue weighted by atomic mass is 10.0. The molecule has 0 N–H and O–H groups in total. The molecule has 0 aliphatic carbocycles. The third-order valence-corrected chi connectivity index (χ3v) is 3.97. The van der Waals surface area contributed by atoms with E-state index in [1.165, 1.54) is 12.8 Å². The van der Waals surface area contributed by atoms with Crippen molar-refractivity contribution in [1.29, 1.82) is 0 Å². The van der Waals surface area contributed by atoms with E-state index < -0.39 is 0 Å². The van der Waals surface area contributed by atoms with Crippen LogP contribution in [0.4, 0.5) is 0 Å². The Kier molecular flexibility index (Phi) is 8.06. The minimum Gasteiger partial charge on any atom is -0.494 e. The van der Waals surface area contributed by atoms with Crippen molar-refractivity contribution in [2.75, 3.05) is 26.2 Å². The lowest BCUT2D eigenvalue weighted by Crippen LogP contribution is -2.34. The minimum absolute atomic E-state index is 0.186. The van der Waals surface area contributed by atoms with Crippen LogP contribution in [0.1, 0.15) is 50.9 Å². The number of hydrogen-bond acceptors (Lipinski definition) is 3. The summed E-state index contributed by atoms with van der Waals surface area (Å²) in [5.41, 5.74) is 0.765. The van der Waals surface area contributed by atoms with Crippen molar-refractivity contribution in [3.8, 4) is 5.75 Å². The molecule has 3 nitrogen and oxygen atoms in total. The number of carbonyl (C=O) groups is 1. The van der Waals surface area contributed by atoms with E-state index in [-0.39, 0.29) is 5.78 Å². The Labute approximate surface area is 129 Å². The Hall–Kier alpha value is -1.35. The van der Waals surface area contributed by atoms with Crippen LogP contribution in [0.5, 0.6) is 5.75 Å². The van der Waals surface area contributed by atoms with Crippen molar-refractivity contribution < 1.29 is 9.53 Å². The maximum atomic E-state index is 12.4. The molecule has 0 aliphatic rings. The summed E-state index contributed by atoms with van der Waals surface area (Å²) in [5, 5.41) is 0. The zero-order chi connectivity index (χ0) is 15.7. The van der Waals surface area contributed by atoms with Crippen molar-refractivity contribution in [2.45, 2.75) is 40.5 Å². The number of likely N-dealkylation sites (N-methyl/N-ethyl adjacent to an activating group) is 1. The lowest BCUT2D eigenvalue weighted by Gasteiger charge is -2.24. The smallest absolute Gasteiger partial charge is 0.176 e. The Morgan fingerprint density at radius 2 is 1.71 bits per heavy atom. The molecule has 0 bridgehead atoms. The van der Waals surface area contributed by atoms with Crippen molar-refractivity contribution >= 4 is 5.78 Å². The molecule has 1 aromatic carbocycles. The molecule has 0 atom stereocenters. The van der Waals surface area contributed by atoms with E-state index in [0.717, 1.165) is 24.4 Å². The van der Waals surface area contributed by atoms with Crippen LogP contribution in [0.15, 0.2) is 24.3 Å². The fourth-order valence-corrected chi connectivity index (χ4v) is 2.42. The molecule has 0 saturated heterocycles. The molecule has 0 heterocycles. The maximum Gasteiger partial charge on any atom is 0.176 e. The molecular weight excluding hydrogens is 262 g/mol. The Morgan fingerprint density at radius 1 is 1.10 bits per heavy atom. The second-order valence-corrected chi connectivity index (χ2v) is 5.39. The second-order valence-electron chi connectivity index (χ2n) is 5.39. The van der Waals surface area contributed by atoms with Gasteiger partial charge in [-0.1, -0.05) is 33.6 Å². The summed E-state index contributed by atoms with van der Waals surface area (Å²) in [5.74, 6) is 1.68. The number of carbonyl (C=O) groups excluding carboxylic acids is 1. The van der Waals surface area contributed by atoms with Gasteiger partial charge in [-0.25, -0.2) is 0 Å². The summed E-state index contributed by atoms with van der Waals surface area (Å²) in [7, 11) is 0. The number of hydrogen-bond donors (Lipinski definition) is 0. The summed E-state index contributed by atoms with van der Waals surface area (Å²) in [6, 6.07) is 7.46. The van der Waals surface area contributed by atoms with Crippen molar-refractivity contribution in [3.05, 3.63) is 29.8 Å². The summed E-state index contributed by atoms with van der Waals surface area (Å²) < 4.78 is 5.40. The van der Waals surface area contributed by atoms with Crippen LogP contribution in [0.2, 0.25) is 0 Å². The highest BCUT2D eigenvalue weighted by molar-refractivity contribution is 5.97. The van der Waals surface area contributed by atoms with E-state index >= 15 is 0 Å². The molecule has 1 aromatic rings. The Balaban J connectivity index is 2.60. The first-order chi connectivity index (χ1) is 10.1. The van der Waals surface area contributed by atoms with Gasteiger partial charge in [0.1, 0.15) is 5.75 Å². The first-order valence-corrected chi connectivity index (χ1v) is 8.12. The summed E-state index contributed by atoms with van der Waals surface area (Å²) in [6.07, 6.45) is 2.34. The standard InChI is InChI=1S/C18H29NO2/c1-5-15(6-2)13-19(7-3)14-18(20)16-9-11-17(12-10-16)21-8-4/h9-12,15H,5-8,13-14H2,1-4H3. The van der Waals surface area contributed by atoms with Gasteiger partial charge in [-0.05, 0) is 43.7 Å². The van der Waals surface area contributed by atoms with E-state index in [2.05, 4.69) is 25.7 Å². The number of nitrogens with zero attached hydrogens (tertiary/aromatic N) is 1. The van der Waals surface area contributed by atoms with Crippen LogP contribution in [-0.4, -0.2) is 36.9 Å². The van der Waals surface area contributed by atoms with Gasteiger partial charge < -0.3 is 4.74 Å². The zero-order valence-electron chi connectivity index (χ0n) is 13.9. The topological polar surface area (TPSA) is 29.5 Å². The van der Waals surface area contributed by atoms with Crippen LogP contribution in [0.25, 0.3) is 0 Å². The minimum atomic E-state index is 0.186. The van der Waals surface area contributed by atoms with Gasteiger partial charge >= 0.3 is 0 Å². The summed E-state index contributed by atoms with van der Waals surface area (Å²) in [6.45, 7) is 11.6. The van der Waals surface area contributed by atoms with Crippen LogP contribution in [-0.2, 0) is 0 Å². The second kappa shape index (κ2) is 9.56. The van der Waals surface area contributed by atoms with Crippen molar-refractivity contribution in [1.82, 2.24) is 4.90 Å². The Morgan fingerprint density at radius 3 is 2.19 bits per heavy atom. The maximum absolute atomic E-state index is 12.4. The van der Waals surface area contributed by atoms with Gasteiger partial charge in [0.05, 0.1) is 13.2 Å². The first-order valence-electron chi connectivity index (χ1n) is 8.12. The number of Topliss-reactive ketones (excluding diaryl/α,β-unsaturated/α-hetero) is 1. The van der Waals surface area contributed by atoms with Crippen molar-refractivity contribution in [2.24, 2.45) is 5.92 Å². The van der Waals surface area contributed by atoms with E-state index in [9.17, 15) is 4.79 Å². The predicted molar refractivity (Wildman–Crippen MR) is 88.1 cm³/mol. The van der Waals surface area contributed by atoms with Gasteiger partial charge in [-0.15, -0.1) is 0 Å². The SMILES string of the molecule is CCOc1ccc(C(=O)CN(CC)CC(CC)CC)cc1. The quantitative estimate of drug-likeness (QED) is 0.610. The number of ketones is 1. The number of benzene rings is 1. The van der Waals surface area contributed by atoms with E-state index in [1.54, 1.807) is 0 Å². The largest absolute Gasteiger partial charge is 0.494 e. The molecule has 21 heavy (non-hydrogen) atoms. The predicted octanol–water partition coefficient (Wildman–Crippen LogP) is 4.03. The molecule has 0 unspecified atom stereocenters. The molecule has 0 amide bonds. The van der Waals surface area contributed by atoms with Crippen LogP contribution < -0.4 is 4.74 Å². The molecule has 0 spiro atoms. The lowest BCUT2D eigenvalue weighted by molar-refractivity contribution is 0.0920. The Bertz CT molecular complexity index is 410. The highest BCUT2D eigenvalue weighted by Crippen LogP contribution is 2.14. The average molecular weight is 291 g/mol. The molecule has 0 saturated carbocycles. The molecule has 0 fully saturated rings. The van der Waals surface area contributed by atoms with Gasteiger partial charge in [-0.2, -0.15) is 0 Å². The highest BCUT2D eigenvalue weighted by atomic mass is 16.5. The molecule has 118 valence electrons. The van der Waals surface area contributed by atoms with E-state index in [1.807, 2.05) is 31.2 Å². The third kappa shape index (κ3) is 5.88. The average Bonchev–Trinajstić information content (AvgIpc) is 2.52. The van der Waals surface area contributed by atoms with E-state index in [0.29, 0.717) is 19.1 Å². The van der Waals surface area contributed by atoms with Gasteiger partial charge in [0.2, 0.25) is 0 Å². The van der Waals surface area contributed by atoms with Crippen LogP contribution in [0, 0.1) is 5.92 Å². The highest BCUT2D eigenvalue weighted by Gasteiger charge is 2.14. The summed E-state index contributed by atoms with van der Waals surface area (Å²) >= 11 is 0. The molecule has 0 aromatic heterocycles. The first kappa shape index (κ1) is 17.7. The third-order valence-electron chi connectivity index (χ3n) is 3.97. The number of ether oxygens (including phenoxy) is 1. The summed E-state index contributed by atoms with van der Waals surface area (Å²) in [4.78, 5) is 14.6. The van der Waals surface area contributed by atoms with Crippen LogP contribution >= 0.6 is 0 Å². The van der Waals surface area contributed by atoms with Gasteiger partial charge in [0, 0.05) is 12.1 Å². The van der Waals surface area contributed by atoms with Gasteiger partial charge in [0.25, 0.3) is 0 Å². The van der Waals surface area contributed by atoms with E-state index in [4.69, 9.17) is 4.74 Å². The van der Waals surface area contributed by atoms with Gasteiger partial charge in [-0.3, -0.25) is 9.69 Å². The van der Waals surface area contributed by atoms with Crippen molar-refractivity contribution in [3.63, 3.8) is 0 Å². The molecule has 3 heteroatoms. The molecular formula is C18H29NO2.